The van der Waals surface area contributed by atoms with Crippen LogP contribution < -0.4 is 5.32 Å². The summed E-state index contributed by atoms with van der Waals surface area (Å²) in [5.74, 6) is 1.37. The third-order valence-corrected chi connectivity index (χ3v) is 5.72. The number of nitrogens with zero attached hydrogens (tertiary/aromatic N) is 1. The van der Waals surface area contributed by atoms with Crippen molar-refractivity contribution in [2.45, 2.75) is 62.4 Å². The summed E-state index contributed by atoms with van der Waals surface area (Å²) in [6.45, 7) is 5.06. The van der Waals surface area contributed by atoms with Crippen molar-refractivity contribution < 1.29 is 0 Å². The molecule has 0 spiro atoms. The summed E-state index contributed by atoms with van der Waals surface area (Å²) < 4.78 is 0. The van der Waals surface area contributed by atoms with E-state index in [9.17, 15) is 0 Å². The zero-order valence-corrected chi connectivity index (χ0v) is 11.1. The van der Waals surface area contributed by atoms with Crippen LogP contribution in [0, 0.1) is 0 Å². The Hall–Kier alpha value is 0.270. The van der Waals surface area contributed by atoms with Crippen LogP contribution in [0.2, 0.25) is 0 Å². The Morgan fingerprint density at radius 3 is 2.81 bits per heavy atom. The van der Waals surface area contributed by atoms with Crippen molar-refractivity contribution in [3.05, 3.63) is 0 Å². The lowest BCUT2D eigenvalue weighted by molar-refractivity contribution is 0.309. The van der Waals surface area contributed by atoms with E-state index in [1.54, 1.807) is 0 Å². The molecular formula is C13H24N2S. The third kappa shape index (κ3) is 2.57. The van der Waals surface area contributed by atoms with Crippen LogP contribution in [0.3, 0.4) is 0 Å². The maximum absolute atomic E-state index is 3.92. The summed E-state index contributed by atoms with van der Waals surface area (Å²) in [6, 6.07) is 2.53. The minimum atomic E-state index is 0.780. The SMILES string of the molecule is CC1SCCCC1NC1CCN(C2CC2)C1. The average Bonchev–Trinajstić information content (AvgIpc) is 3.03. The molecule has 0 amide bonds. The van der Waals surface area contributed by atoms with Crippen molar-refractivity contribution in [1.29, 1.82) is 0 Å². The minimum absolute atomic E-state index is 0.780. The van der Waals surface area contributed by atoms with E-state index in [4.69, 9.17) is 0 Å². The van der Waals surface area contributed by atoms with Gasteiger partial charge >= 0.3 is 0 Å². The molecule has 3 rings (SSSR count). The van der Waals surface area contributed by atoms with E-state index in [1.165, 1.54) is 50.9 Å². The molecule has 2 nitrogen and oxygen atoms in total. The van der Waals surface area contributed by atoms with Crippen LogP contribution in [-0.4, -0.2) is 47.1 Å². The van der Waals surface area contributed by atoms with Crippen molar-refractivity contribution in [3.63, 3.8) is 0 Å². The highest BCUT2D eigenvalue weighted by Crippen LogP contribution is 2.31. The van der Waals surface area contributed by atoms with Gasteiger partial charge in [0.1, 0.15) is 0 Å². The Labute approximate surface area is 104 Å². The first kappa shape index (κ1) is 11.4. The van der Waals surface area contributed by atoms with Crippen LogP contribution in [-0.2, 0) is 0 Å². The molecule has 0 aromatic heterocycles. The van der Waals surface area contributed by atoms with Crippen LogP contribution >= 0.6 is 11.8 Å². The highest BCUT2D eigenvalue weighted by atomic mass is 32.2. The second-order valence-corrected chi connectivity index (χ2v) is 7.19. The van der Waals surface area contributed by atoms with Gasteiger partial charge in [-0.05, 0) is 37.9 Å². The quantitative estimate of drug-likeness (QED) is 0.813. The fourth-order valence-corrected chi connectivity index (χ4v) is 4.29. The van der Waals surface area contributed by atoms with Gasteiger partial charge in [-0.2, -0.15) is 11.8 Å². The molecule has 1 saturated carbocycles. The van der Waals surface area contributed by atoms with Gasteiger partial charge in [0, 0.05) is 36.5 Å². The summed E-state index contributed by atoms with van der Waals surface area (Å²) in [6.07, 6.45) is 7.11. The van der Waals surface area contributed by atoms with E-state index in [1.807, 2.05) is 0 Å². The molecule has 0 aromatic carbocycles. The molecule has 0 bridgehead atoms. The van der Waals surface area contributed by atoms with Crippen molar-refractivity contribution >= 4 is 11.8 Å². The maximum atomic E-state index is 3.92. The lowest BCUT2D eigenvalue weighted by Gasteiger charge is -2.31. The normalized spacial score (nSPS) is 41.4. The third-order valence-electron chi connectivity index (χ3n) is 4.34. The van der Waals surface area contributed by atoms with Crippen LogP contribution in [0.1, 0.15) is 39.0 Å². The van der Waals surface area contributed by atoms with Gasteiger partial charge in [0.2, 0.25) is 0 Å². The van der Waals surface area contributed by atoms with Crippen LogP contribution in [0.25, 0.3) is 0 Å². The maximum Gasteiger partial charge on any atom is 0.0210 e. The van der Waals surface area contributed by atoms with Crippen LogP contribution in [0.4, 0.5) is 0 Å². The first-order valence-electron chi connectivity index (χ1n) is 6.94. The number of likely N-dealkylation sites (tertiary alicyclic amines) is 1. The molecular weight excluding hydrogens is 216 g/mol. The summed E-state index contributed by atoms with van der Waals surface area (Å²) in [4.78, 5) is 2.71. The van der Waals surface area contributed by atoms with E-state index in [-0.39, 0.29) is 0 Å². The molecule has 1 aliphatic carbocycles. The van der Waals surface area contributed by atoms with Gasteiger partial charge in [0.25, 0.3) is 0 Å². The summed E-state index contributed by atoms with van der Waals surface area (Å²) in [5.41, 5.74) is 0. The molecule has 2 aliphatic heterocycles. The van der Waals surface area contributed by atoms with E-state index < -0.39 is 0 Å². The van der Waals surface area contributed by atoms with Gasteiger partial charge in [-0.3, -0.25) is 4.90 Å². The highest BCUT2D eigenvalue weighted by Gasteiger charge is 2.35. The fourth-order valence-electron chi connectivity index (χ4n) is 3.14. The van der Waals surface area contributed by atoms with Crippen molar-refractivity contribution in [3.8, 4) is 0 Å². The lowest BCUT2D eigenvalue weighted by Crippen LogP contribution is -2.46. The molecule has 3 aliphatic rings. The molecule has 3 heteroatoms. The number of thioether (sulfide) groups is 1. The van der Waals surface area contributed by atoms with Crippen molar-refractivity contribution in [2.24, 2.45) is 0 Å². The van der Waals surface area contributed by atoms with Gasteiger partial charge in [-0.15, -0.1) is 0 Å². The Morgan fingerprint density at radius 2 is 2.06 bits per heavy atom. The van der Waals surface area contributed by atoms with Crippen molar-refractivity contribution in [2.75, 3.05) is 18.8 Å². The average molecular weight is 240 g/mol. The van der Waals surface area contributed by atoms with Crippen LogP contribution in [0.5, 0.6) is 0 Å². The summed E-state index contributed by atoms with van der Waals surface area (Å²) in [5, 5.41) is 4.74. The zero-order chi connectivity index (χ0) is 11.0. The fraction of sp³-hybridized carbons (Fsp3) is 1.00. The molecule has 2 heterocycles. The number of hydrogen-bond donors (Lipinski definition) is 1. The Morgan fingerprint density at radius 1 is 1.19 bits per heavy atom. The van der Waals surface area contributed by atoms with E-state index in [2.05, 4.69) is 28.9 Å². The second-order valence-electron chi connectivity index (χ2n) is 5.70. The predicted octanol–water partition coefficient (Wildman–Crippen LogP) is 2.10. The predicted molar refractivity (Wildman–Crippen MR) is 71.1 cm³/mol. The largest absolute Gasteiger partial charge is 0.309 e. The second kappa shape index (κ2) is 4.87. The number of rotatable bonds is 3. The van der Waals surface area contributed by atoms with Gasteiger partial charge in [0.15, 0.2) is 0 Å². The molecule has 16 heavy (non-hydrogen) atoms. The standard InChI is InChI=1S/C13H24N2S/c1-10-13(3-2-8-16-10)14-11-6-7-15(9-11)12-4-5-12/h10-14H,2-9H2,1H3. The highest BCUT2D eigenvalue weighted by molar-refractivity contribution is 7.99. The van der Waals surface area contributed by atoms with E-state index in [0.717, 1.165) is 23.4 Å². The van der Waals surface area contributed by atoms with Gasteiger partial charge in [-0.25, -0.2) is 0 Å². The molecule has 3 atom stereocenters. The molecule has 0 aromatic rings. The zero-order valence-electron chi connectivity index (χ0n) is 10.3. The number of hydrogen-bond acceptors (Lipinski definition) is 3. The Kier molecular flexibility index (Phi) is 3.46. The van der Waals surface area contributed by atoms with E-state index >= 15 is 0 Å². The summed E-state index contributed by atoms with van der Waals surface area (Å²) >= 11 is 2.15. The minimum Gasteiger partial charge on any atom is -0.309 e. The monoisotopic (exact) mass is 240 g/mol. The topological polar surface area (TPSA) is 15.3 Å². The first-order valence-corrected chi connectivity index (χ1v) is 7.99. The smallest absolute Gasteiger partial charge is 0.0210 e. The Balaban J connectivity index is 1.47. The van der Waals surface area contributed by atoms with Gasteiger partial charge < -0.3 is 5.32 Å². The van der Waals surface area contributed by atoms with Crippen molar-refractivity contribution in [1.82, 2.24) is 10.2 Å². The lowest BCUT2D eigenvalue weighted by atomic mass is 10.1. The Bertz CT molecular complexity index is 242. The number of nitrogens with one attached hydrogen (secondary N) is 1. The van der Waals surface area contributed by atoms with Gasteiger partial charge in [0.05, 0.1) is 0 Å². The molecule has 2 saturated heterocycles. The first-order chi connectivity index (χ1) is 7.83. The van der Waals surface area contributed by atoms with Gasteiger partial charge in [-0.1, -0.05) is 6.92 Å². The molecule has 92 valence electrons. The van der Waals surface area contributed by atoms with E-state index in [0.29, 0.717) is 0 Å². The molecule has 3 unspecified atom stereocenters. The molecule has 0 radical (unpaired) electrons. The summed E-state index contributed by atoms with van der Waals surface area (Å²) in [7, 11) is 0. The van der Waals surface area contributed by atoms with Crippen LogP contribution in [0.15, 0.2) is 0 Å². The molecule has 3 fully saturated rings. The molecule has 1 N–H and O–H groups in total.